The molecule has 8 atom stereocenters. The third-order valence-electron chi connectivity index (χ3n) is 10.4. The molecule has 266 valence electrons. The Morgan fingerprint density at radius 1 is 1.10 bits per heavy atom. The van der Waals surface area contributed by atoms with Crippen LogP contribution in [0.5, 0.6) is 5.75 Å². The summed E-state index contributed by atoms with van der Waals surface area (Å²) in [6.07, 6.45) is -0.668. The third kappa shape index (κ3) is 6.29. The minimum absolute atomic E-state index is 0.0539. The number of piperidine rings is 1. The number of carbonyl (C=O) groups excluding carboxylic acids is 4. The summed E-state index contributed by atoms with van der Waals surface area (Å²) in [7, 11) is 0. The van der Waals surface area contributed by atoms with Gasteiger partial charge >= 0.3 is 5.97 Å². The topological polar surface area (TPSA) is 177 Å². The summed E-state index contributed by atoms with van der Waals surface area (Å²) >= 11 is 3.35. The zero-order valence-electron chi connectivity index (χ0n) is 28.6. The number of ketones is 1. The first-order valence-electron chi connectivity index (χ1n) is 16.9. The molecule has 0 radical (unpaired) electrons. The van der Waals surface area contributed by atoms with Crippen LogP contribution in [0.25, 0.3) is 10.9 Å². The van der Waals surface area contributed by atoms with Gasteiger partial charge in [0.25, 0.3) is 0 Å². The van der Waals surface area contributed by atoms with Crippen molar-refractivity contribution >= 4 is 56.2 Å². The molecule has 2 aromatic heterocycles. The summed E-state index contributed by atoms with van der Waals surface area (Å²) < 4.78 is 25.9. The Labute approximate surface area is 297 Å². The number of hydrogen-bond donors (Lipinski definition) is 2. The quantitative estimate of drug-likeness (QED) is 0.177. The van der Waals surface area contributed by atoms with E-state index >= 15 is 0 Å². The van der Waals surface area contributed by atoms with E-state index in [1.807, 2.05) is 26.8 Å². The summed E-state index contributed by atoms with van der Waals surface area (Å²) in [5.74, 6) is -0.469. The van der Waals surface area contributed by atoms with Crippen LogP contribution in [-0.4, -0.2) is 99.0 Å². The first-order valence-corrected chi connectivity index (χ1v) is 17.7. The minimum atomic E-state index is -0.740. The number of benzene rings is 1. The summed E-state index contributed by atoms with van der Waals surface area (Å²) in [4.78, 5) is 58.8. The fourth-order valence-corrected chi connectivity index (χ4v) is 7.63. The lowest BCUT2D eigenvalue weighted by molar-refractivity contribution is -0.156. The molecule has 1 aromatic carbocycles. The first kappa shape index (κ1) is 34.5. The molecule has 3 aliphatic heterocycles. The van der Waals surface area contributed by atoms with Gasteiger partial charge in [0.15, 0.2) is 18.0 Å². The highest BCUT2D eigenvalue weighted by Crippen LogP contribution is 2.59. The normalized spacial score (nSPS) is 28.8. The number of rotatable bonds is 10. The van der Waals surface area contributed by atoms with Crippen molar-refractivity contribution < 1.29 is 38.1 Å². The molecule has 7 rings (SSSR count). The lowest BCUT2D eigenvalue weighted by atomic mass is 10.0. The summed E-state index contributed by atoms with van der Waals surface area (Å²) in [5.41, 5.74) is 7.42. The molecule has 0 unspecified atom stereocenters. The van der Waals surface area contributed by atoms with Crippen LogP contribution in [0.3, 0.4) is 0 Å². The molecule has 4 aliphatic rings. The molecular formula is C35H41BrN6O8. The number of amides is 2. The smallest absolute Gasteiger partial charge is 0.323 e. The number of anilines is 1. The van der Waals surface area contributed by atoms with Crippen molar-refractivity contribution in [2.75, 3.05) is 18.5 Å². The Bertz CT molecular complexity index is 1880. The van der Waals surface area contributed by atoms with E-state index in [2.05, 4.69) is 38.3 Å². The monoisotopic (exact) mass is 752 g/mol. The van der Waals surface area contributed by atoms with Crippen molar-refractivity contribution in [2.24, 2.45) is 17.1 Å². The number of ether oxygens (including phenoxy) is 4. The number of likely N-dealkylation sites (tertiary alicyclic amines) is 1. The number of nitrogens with one attached hydrogen (secondary N) is 1. The lowest BCUT2D eigenvalue weighted by Gasteiger charge is -2.27. The van der Waals surface area contributed by atoms with Crippen LogP contribution in [0.1, 0.15) is 56.6 Å². The number of hydrogen-bond acceptors (Lipinski definition) is 11. The summed E-state index contributed by atoms with van der Waals surface area (Å²) in [5, 5.41) is 7.99. The maximum absolute atomic E-state index is 14.0. The van der Waals surface area contributed by atoms with E-state index in [4.69, 9.17) is 24.7 Å². The third-order valence-corrected chi connectivity index (χ3v) is 10.8. The van der Waals surface area contributed by atoms with Crippen molar-refractivity contribution in [3.8, 4) is 5.75 Å². The number of nitrogens with zero attached hydrogens (tertiary/aromatic N) is 4. The second kappa shape index (κ2) is 13.0. The van der Waals surface area contributed by atoms with E-state index in [1.54, 1.807) is 29.2 Å². The zero-order valence-corrected chi connectivity index (χ0v) is 30.1. The van der Waals surface area contributed by atoms with E-state index in [0.29, 0.717) is 33.5 Å². The SMILES string of the molecule is CC(=O)c1nn(CC(=O)N2[C@H](C(=O)Nc3nc(Br)ccc3C)C[C@@]3(C)C[C@@H]23)c2ccc(O[C@@H]3CO[C@H]4[C@@H]3OC[C@H]4OC(=O)[C@@H](N)C(C)C)cc12. The molecule has 14 nitrogen and oxygen atoms in total. The highest BCUT2D eigenvalue weighted by Gasteiger charge is 2.64. The zero-order chi connectivity index (χ0) is 35.6. The van der Waals surface area contributed by atoms with Crippen molar-refractivity contribution in [1.82, 2.24) is 19.7 Å². The fraction of sp³-hybridized carbons (Fsp3) is 0.543. The molecular weight excluding hydrogens is 712 g/mol. The predicted molar refractivity (Wildman–Crippen MR) is 183 cm³/mol. The van der Waals surface area contributed by atoms with Gasteiger partial charge in [0, 0.05) is 18.4 Å². The van der Waals surface area contributed by atoms with E-state index < -0.39 is 42.5 Å². The Hall–Kier alpha value is -3.92. The number of aromatic nitrogens is 3. The van der Waals surface area contributed by atoms with Crippen LogP contribution in [0.15, 0.2) is 34.9 Å². The summed E-state index contributed by atoms with van der Waals surface area (Å²) in [6, 6.07) is 7.43. The van der Waals surface area contributed by atoms with Crippen LogP contribution in [-0.2, 0) is 35.1 Å². The number of aryl methyl sites for hydroxylation is 1. The highest BCUT2D eigenvalue weighted by molar-refractivity contribution is 9.10. The number of fused-ring (bicyclic) bond motifs is 3. The lowest BCUT2D eigenvalue weighted by Crippen LogP contribution is -2.47. The van der Waals surface area contributed by atoms with Crippen molar-refractivity contribution in [3.63, 3.8) is 0 Å². The van der Waals surface area contributed by atoms with Gasteiger partial charge in [0.05, 0.1) is 18.7 Å². The summed E-state index contributed by atoms with van der Waals surface area (Å²) in [6.45, 7) is 9.31. The Balaban J connectivity index is 1.06. The van der Waals surface area contributed by atoms with Crippen LogP contribution in [0.2, 0.25) is 0 Å². The van der Waals surface area contributed by atoms with Gasteiger partial charge in [-0.25, -0.2) is 4.98 Å². The highest BCUT2D eigenvalue weighted by atomic mass is 79.9. The van der Waals surface area contributed by atoms with Crippen LogP contribution in [0, 0.1) is 18.3 Å². The van der Waals surface area contributed by atoms with Gasteiger partial charge in [-0.2, -0.15) is 5.10 Å². The maximum Gasteiger partial charge on any atom is 0.323 e. The van der Waals surface area contributed by atoms with Crippen molar-refractivity contribution in [1.29, 1.82) is 0 Å². The predicted octanol–water partition coefficient (Wildman–Crippen LogP) is 3.16. The molecule has 2 amide bonds. The number of halogens is 1. The molecule has 1 aliphatic carbocycles. The Morgan fingerprint density at radius 2 is 1.82 bits per heavy atom. The van der Waals surface area contributed by atoms with Gasteiger partial charge in [-0.15, -0.1) is 0 Å². The largest absolute Gasteiger partial charge is 0.485 e. The Kier molecular flexibility index (Phi) is 8.98. The Morgan fingerprint density at radius 3 is 2.54 bits per heavy atom. The van der Waals surface area contributed by atoms with Gasteiger partial charge in [-0.1, -0.05) is 26.8 Å². The molecule has 0 spiro atoms. The van der Waals surface area contributed by atoms with Gasteiger partial charge < -0.3 is 34.9 Å². The van der Waals surface area contributed by atoms with Gasteiger partial charge in [0.1, 0.15) is 52.7 Å². The number of nitrogens with two attached hydrogens (primary N) is 1. The standard InChI is InChI=1S/C35H41BrN6O8/c1-16(2)28(37)34(46)50-24-15-48-30-23(14-47-31(24)30)49-19-7-8-21-20(10-19)29(18(4)43)40-41(21)13-27(44)42-22(11-35(5)12-25(35)42)33(45)39-32-17(3)6-9-26(36)38-32/h6-10,16,22-25,28,30-31H,11-15,37H2,1-5H3,(H,38,39,45)/t22-,23+,24+,25+,28-,30+,31+,35-/m0/s1. The average molecular weight is 754 g/mol. The van der Waals surface area contributed by atoms with Gasteiger partial charge in [-0.3, -0.25) is 23.9 Å². The maximum atomic E-state index is 14.0. The molecule has 50 heavy (non-hydrogen) atoms. The van der Waals surface area contributed by atoms with E-state index in [1.165, 1.54) is 11.6 Å². The number of Topliss-reactive ketones (excluding diaryl/α,β-unsaturated/α-hetero) is 1. The number of esters is 1. The van der Waals surface area contributed by atoms with Gasteiger partial charge in [0.2, 0.25) is 11.8 Å². The molecule has 15 heteroatoms. The van der Waals surface area contributed by atoms with E-state index in [0.717, 1.165) is 12.0 Å². The molecule has 5 heterocycles. The number of pyridine rings is 1. The van der Waals surface area contributed by atoms with Crippen molar-refractivity contribution in [3.05, 3.63) is 46.2 Å². The van der Waals surface area contributed by atoms with E-state index in [-0.39, 0.29) is 60.4 Å². The van der Waals surface area contributed by atoms with E-state index in [9.17, 15) is 19.2 Å². The molecule has 3 saturated heterocycles. The fourth-order valence-electron chi connectivity index (χ4n) is 7.32. The van der Waals surface area contributed by atoms with Crippen LogP contribution < -0.4 is 15.8 Å². The van der Waals surface area contributed by atoms with Crippen molar-refractivity contribution in [2.45, 2.75) is 96.5 Å². The number of carbonyl (C=O) groups is 4. The van der Waals surface area contributed by atoms with Crippen LogP contribution in [0.4, 0.5) is 5.82 Å². The first-order chi connectivity index (χ1) is 23.7. The molecule has 0 bridgehead atoms. The molecule has 3 aromatic rings. The molecule has 1 saturated carbocycles. The van der Waals surface area contributed by atoms with Gasteiger partial charge in [-0.05, 0) is 76.9 Å². The second-order valence-corrected chi connectivity index (χ2v) is 15.2. The molecule has 3 N–H and O–H groups in total. The van der Waals surface area contributed by atoms with Crippen LogP contribution >= 0.6 is 15.9 Å². The average Bonchev–Trinajstić information content (AvgIpc) is 3.48. The molecule has 4 fully saturated rings. The second-order valence-electron chi connectivity index (χ2n) is 14.4. The minimum Gasteiger partial charge on any atom is -0.485 e.